The molecule has 0 saturated carbocycles. The molecule has 2 heteroatoms. The lowest BCUT2D eigenvalue weighted by Gasteiger charge is -1.94. The molecule has 2 aromatic carbocycles. The van der Waals surface area contributed by atoms with Gasteiger partial charge in [-0.2, -0.15) is 0 Å². The number of hydrogen-bond donors (Lipinski definition) is 2. The van der Waals surface area contributed by atoms with Gasteiger partial charge in [0.05, 0.1) is 0 Å². The van der Waals surface area contributed by atoms with Gasteiger partial charge in [0.25, 0.3) is 0 Å². The van der Waals surface area contributed by atoms with Crippen molar-refractivity contribution in [3.63, 3.8) is 0 Å². The van der Waals surface area contributed by atoms with Crippen LogP contribution in [0.15, 0.2) is 54.6 Å². The monoisotopic (exact) mass is 228 g/mol. The van der Waals surface area contributed by atoms with E-state index in [2.05, 4.69) is 31.2 Å². The molecule has 0 aliphatic carbocycles. The van der Waals surface area contributed by atoms with Crippen LogP contribution < -0.4 is 11.5 Å². The quantitative estimate of drug-likeness (QED) is 0.830. The van der Waals surface area contributed by atoms with E-state index in [1.54, 1.807) is 0 Å². The molecule has 0 bridgehead atoms. The first-order valence-electron chi connectivity index (χ1n) is 5.76. The van der Waals surface area contributed by atoms with Crippen LogP contribution in [0.4, 0.5) is 0 Å². The second-order valence-corrected chi connectivity index (χ2v) is 3.88. The first kappa shape index (κ1) is 13.4. The molecule has 0 aliphatic heterocycles. The molecule has 2 nitrogen and oxygen atoms in total. The number of nitrogens with two attached hydrogens (primary N) is 2. The topological polar surface area (TPSA) is 52.0 Å². The van der Waals surface area contributed by atoms with Crippen molar-refractivity contribution in [3.05, 3.63) is 71.3 Å². The minimum atomic E-state index is 0.639. The van der Waals surface area contributed by atoms with Crippen molar-refractivity contribution >= 4 is 0 Å². The van der Waals surface area contributed by atoms with Gasteiger partial charge >= 0.3 is 0 Å². The van der Waals surface area contributed by atoms with Crippen LogP contribution in [0.1, 0.15) is 16.7 Å². The number of hydrogen-bond acceptors (Lipinski definition) is 2. The number of aryl methyl sites for hydroxylation is 1. The summed E-state index contributed by atoms with van der Waals surface area (Å²) in [5, 5.41) is 0. The molecule has 17 heavy (non-hydrogen) atoms. The molecule has 0 heterocycles. The van der Waals surface area contributed by atoms with Crippen LogP contribution in [-0.4, -0.2) is 0 Å². The predicted octanol–water partition coefficient (Wildman–Crippen LogP) is 2.60. The Bertz CT molecular complexity index is 407. The van der Waals surface area contributed by atoms with Crippen molar-refractivity contribution in [1.29, 1.82) is 0 Å². The molecule has 2 rings (SSSR count). The van der Waals surface area contributed by atoms with E-state index in [4.69, 9.17) is 11.5 Å². The normalized spacial score (nSPS) is 9.35. The number of benzene rings is 2. The Morgan fingerprint density at radius 3 is 1.59 bits per heavy atom. The third kappa shape index (κ3) is 5.29. The SMILES string of the molecule is Cc1ccc(CN)cc1.NCc1ccccc1. The predicted molar refractivity (Wildman–Crippen MR) is 73.4 cm³/mol. The van der Waals surface area contributed by atoms with E-state index in [1.807, 2.05) is 30.3 Å². The largest absolute Gasteiger partial charge is 0.326 e. The minimum absolute atomic E-state index is 0.639. The molecule has 0 fully saturated rings. The van der Waals surface area contributed by atoms with Crippen molar-refractivity contribution in [2.75, 3.05) is 0 Å². The summed E-state index contributed by atoms with van der Waals surface area (Å²) in [7, 11) is 0. The summed E-state index contributed by atoms with van der Waals surface area (Å²) in [5.74, 6) is 0. The molecule has 0 aromatic heterocycles. The maximum Gasteiger partial charge on any atom is 0.0178 e. The Balaban J connectivity index is 0.000000171. The molecule has 0 radical (unpaired) electrons. The molecule has 4 N–H and O–H groups in total. The van der Waals surface area contributed by atoms with Gasteiger partial charge < -0.3 is 11.5 Å². The standard InChI is InChI=1S/C8H11N.C7H9N/c1-7-2-4-8(6-9)5-3-7;8-6-7-4-2-1-3-5-7/h2-5H,6,9H2,1H3;1-5H,6,8H2. The molecule has 2 aromatic rings. The molecule has 90 valence electrons. The highest BCUT2D eigenvalue weighted by atomic mass is 14.5. The lowest BCUT2D eigenvalue weighted by molar-refractivity contribution is 1.07. The highest BCUT2D eigenvalue weighted by molar-refractivity contribution is 5.20. The zero-order valence-electron chi connectivity index (χ0n) is 10.3. The Morgan fingerprint density at radius 1 is 0.706 bits per heavy atom. The van der Waals surface area contributed by atoms with Gasteiger partial charge in [0.15, 0.2) is 0 Å². The summed E-state index contributed by atoms with van der Waals surface area (Å²) in [6.45, 7) is 3.35. The van der Waals surface area contributed by atoms with E-state index >= 15 is 0 Å². The van der Waals surface area contributed by atoms with Crippen molar-refractivity contribution in [1.82, 2.24) is 0 Å². The second-order valence-electron chi connectivity index (χ2n) is 3.88. The van der Waals surface area contributed by atoms with Crippen molar-refractivity contribution in [3.8, 4) is 0 Å². The molecule has 0 unspecified atom stereocenters. The number of rotatable bonds is 2. The van der Waals surface area contributed by atoms with E-state index in [1.165, 1.54) is 16.7 Å². The first-order chi connectivity index (χ1) is 8.26. The Labute approximate surface area is 103 Å². The van der Waals surface area contributed by atoms with Crippen LogP contribution >= 0.6 is 0 Å². The van der Waals surface area contributed by atoms with Crippen LogP contribution in [0.3, 0.4) is 0 Å². The van der Waals surface area contributed by atoms with Gasteiger partial charge in [-0.05, 0) is 18.1 Å². The van der Waals surface area contributed by atoms with Gasteiger partial charge in [0.1, 0.15) is 0 Å². The summed E-state index contributed by atoms with van der Waals surface area (Å²) < 4.78 is 0. The molecular formula is C15H20N2. The summed E-state index contributed by atoms with van der Waals surface area (Å²) >= 11 is 0. The summed E-state index contributed by atoms with van der Waals surface area (Å²) in [4.78, 5) is 0. The van der Waals surface area contributed by atoms with E-state index in [9.17, 15) is 0 Å². The Hall–Kier alpha value is -1.64. The Kier molecular flexibility index (Phi) is 6.00. The van der Waals surface area contributed by atoms with Gasteiger partial charge in [-0.25, -0.2) is 0 Å². The summed E-state index contributed by atoms with van der Waals surface area (Å²) in [6.07, 6.45) is 0. The molecule has 0 aliphatic rings. The first-order valence-corrected chi connectivity index (χ1v) is 5.76. The van der Waals surface area contributed by atoms with E-state index in [0.717, 1.165) is 0 Å². The zero-order valence-corrected chi connectivity index (χ0v) is 10.3. The fourth-order valence-corrected chi connectivity index (χ4v) is 1.34. The van der Waals surface area contributed by atoms with Crippen molar-refractivity contribution < 1.29 is 0 Å². The average Bonchev–Trinajstić information content (AvgIpc) is 2.41. The van der Waals surface area contributed by atoms with Gasteiger partial charge in [-0.3, -0.25) is 0 Å². The van der Waals surface area contributed by atoms with Crippen LogP contribution in [0, 0.1) is 6.92 Å². The van der Waals surface area contributed by atoms with Gasteiger partial charge in [-0.15, -0.1) is 0 Å². The third-order valence-corrected chi connectivity index (χ3v) is 2.43. The van der Waals surface area contributed by atoms with Crippen LogP contribution in [0.25, 0.3) is 0 Å². The zero-order chi connectivity index (χ0) is 12.5. The van der Waals surface area contributed by atoms with Crippen molar-refractivity contribution in [2.45, 2.75) is 20.0 Å². The molecule has 0 saturated heterocycles. The van der Waals surface area contributed by atoms with E-state index < -0.39 is 0 Å². The molecule has 0 amide bonds. The maximum absolute atomic E-state index is 5.40. The molecular weight excluding hydrogens is 208 g/mol. The van der Waals surface area contributed by atoms with Gasteiger partial charge in [-0.1, -0.05) is 60.2 Å². The van der Waals surface area contributed by atoms with E-state index in [-0.39, 0.29) is 0 Å². The summed E-state index contributed by atoms with van der Waals surface area (Å²) in [5.41, 5.74) is 14.4. The fraction of sp³-hybridized carbons (Fsp3) is 0.200. The van der Waals surface area contributed by atoms with Gasteiger partial charge in [0, 0.05) is 13.1 Å². The molecule has 0 atom stereocenters. The van der Waals surface area contributed by atoms with Crippen LogP contribution in [-0.2, 0) is 13.1 Å². The highest BCUT2D eigenvalue weighted by Gasteiger charge is 1.85. The Morgan fingerprint density at radius 2 is 1.18 bits per heavy atom. The van der Waals surface area contributed by atoms with Crippen molar-refractivity contribution in [2.24, 2.45) is 11.5 Å². The van der Waals surface area contributed by atoms with Gasteiger partial charge in [0.2, 0.25) is 0 Å². The summed E-state index contributed by atoms with van der Waals surface area (Å²) in [6, 6.07) is 18.2. The van der Waals surface area contributed by atoms with Crippen LogP contribution in [0.5, 0.6) is 0 Å². The average molecular weight is 228 g/mol. The maximum atomic E-state index is 5.40. The smallest absolute Gasteiger partial charge is 0.0178 e. The molecule has 0 spiro atoms. The third-order valence-electron chi connectivity index (χ3n) is 2.43. The fourth-order valence-electron chi connectivity index (χ4n) is 1.34. The minimum Gasteiger partial charge on any atom is -0.326 e. The van der Waals surface area contributed by atoms with Crippen LogP contribution in [0.2, 0.25) is 0 Å². The lowest BCUT2D eigenvalue weighted by Crippen LogP contribution is -1.94. The second kappa shape index (κ2) is 7.60. The highest BCUT2D eigenvalue weighted by Crippen LogP contribution is 2.00. The lowest BCUT2D eigenvalue weighted by atomic mass is 10.2. The van der Waals surface area contributed by atoms with E-state index in [0.29, 0.717) is 13.1 Å².